The van der Waals surface area contributed by atoms with Crippen molar-refractivity contribution >= 4 is 11.3 Å². The number of hydrogen-bond donors (Lipinski definition) is 1. The second-order valence-electron chi connectivity index (χ2n) is 5.88. The van der Waals surface area contributed by atoms with Gasteiger partial charge in [0.1, 0.15) is 0 Å². The van der Waals surface area contributed by atoms with Gasteiger partial charge >= 0.3 is 0 Å². The summed E-state index contributed by atoms with van der Waals surface area (Å²) in [6.45, 7) is 4.40. The molecule has 1 aliphatic rings. The van der Waals surface area contributed by atoms with Gasteiger partial charge in [0.25, 0.3) is 0 Å². The van der Waals surface area contributed by atoms with Crippen LogP contribution in [0.5, 0.6) is 0 Å². The van der Waals surface area contributed by atoms with E-state index in [1.54, 1.807) is 11.3 Å². The topological polar surface area (TPSA) is 29.3 Å². The standard InChI is InChI=1S/C18H24N2S/c1-2-17(19)18(16-9-12-21-13-16)20-10-7-14-5-3-4-6-15(14)8-11-20/h3-6,9,12-13,17-18H,2,7-8,10-11,19H2,1H3. The molecule has 3 rings (SSSR count). The largest absolute Gasteiger partial charge is 0.326 e. The Morgan fingerprint density at radius 3 is 2.33 bits per heavy atom. The highest BCUT2D eigenvalue weighted by atomic mass is 32.1. The molecule has 0 spiro atoms. The smallest absolute Gasteiger partial charge is 0.0507 e. The van der Waals surface area contributed by atoms with Crippen LogP contribution in [0.2, 0.25) is 0 Å². The molecule has 1 aliphatic heterocycles. The summed E-state index contributed by atoms with van der Waals surface area (Å²) in [5.41, 5.74) is 10.9. The minimum Gasteiger partial charge on any atom is -0.326 e. The molecule has 0 radical (unpaired) electrons. The molecule has 2 aromatic rings. The van der Waals surface area contributed by atoms with E-state index in [4.69, 9.17) is 5.73 Å². The van der Waals surface area contributed by atoms with Gasteiger partial charge in [-0.2, -0.15) is 11.3 Å². The van der Waals surface area contributed by atoms with Gasteiger partial charge in [-0.1, -0.05) is 31.2 Å². The Morgan fingerprint density at radius 1 is 1.14 bits per heavy atom. The van der Waals surface area contributed by atoms with Crippen LogP contribution in [0.4, 0.5) is 0 Å². The van der Waals surface area contributed by atoms with E-state index in [-0.39, 0.29) is 6.04 Å². The molecular formula is C18H24N2S. The Morgan fingerprint density at radius 2 is 1.81 bits per heavy atom. The first-order valence-electron chi connectivity index (χ1n) is 7.88. The van der Waals surface area contributed by atoms with E-state index < -0.39 is 0 Å². The van der Waals surface area contributed by atoms with E-state index in [0.717, 1.165) is 32.4 Å². The van der Waals surface area contributed by atoms with Crippen molar-refractivity contribution in [2.24, 2.45) is 5.73 Å². The fourth-order valence-electron chi connectivity index (χ4n) is 3.36. The third-order valence-electron chi connectivity index (χ3n) is 4.61. The van der Waals surface area contributed by atoms with Crippen LogP contribution >= 0.6 is 11.3 Å². The van der Waals surface area contributed by atoms with Crippen LogP contribution in [0.3, 0.4) is 0 Å². The maximum atomic E-state index is 6.46. The first-order valence-corrected chi connectivity index (χ1v) is 8.82. The molecule has 2 unspecified atom stereocenters. The van der Waals surface area contributed by atoms with E-state index in [1.165, 1.54) is 16.7 Å². The quantitative estimate of drug-likeness (QED) is 0.934. The number of fused-ring (bicyclic) bond motifs is 1. The summed E-state index contributed by atoms with van der Waals surface area (Å²) in [6.07, 6.45) is 3.28. The average Bonchev–Trinajstić information content (AvgIpc) is 2.95. The summed E-state index contributed by atoms with van der Waals surface area (Å²) in [5.74, 6) is 0. The lowest BCUT2D eigenvalue weighted by atomic mass is 9.98. The molecule has 0 fully saturated rings. The molecule has 0 saturated heterocycles. The Bertz CT molecular complexity index is 537. The fraction of sp³-hybridized carbons (Fsp3) is 0.444. The molecule has 2 atom stereocenters. The number of rotatable bonds is 4. The molecule has 1 aromatic heterocycles. The van der Waals surface area contributed by atoms with Crippen molar-refractivity contribution in [1.82, 2.24) is 4.90 Å². The summed E-state index contributed by atoms with van der Waals surface area (Å²) >= 11 is 1.77. The lowest BCUT2D eigenvalue weighted by molar-refractivity contribution is 0.177. The van der Waals surface area contributed by atoms with E-state index in [1.807, 2.05) is 0 Å². The summed E-state index contributed by atoms with van der Waals surface area (Å²) in [5, 5.41) is 4.43. The number of hydrogen-bond acceptors (Lipinski definition) is 3. The maximum Gasteiger partial charge on any atom is 0.0507 e. The van der Waals surface area contributed by atoms with Crippen molar-refractivity contribution < 1.29 is 0 Å². The zero-order valence-corrected chi connectivity index (χ0v) is 13.5. The lowest BCUT2D eigenvalue weighted by Gasteiger charge is -2.34. The average molecular weight is 300 g/mol. The van der Waals surface area contributed by atoms with Gasteiger partial charge in [0.2, 0.25) is 0 Å². The van der Waals surface area contributed by atoms with Crippen LogP contribution in [-0.2, 0) is 12.8 Å². The molecule has 2 nitrogen and oxygen atoms in total. The maximum absolute atomic E-state index is 6.46. The van der Waals surface area contributed by atoms with Gasteiger partial charge in [0.05, 0.1) is 6.04 Å². The minimum absolute atomic E-state index is 0.209. The number of benzene rings is 1. The van der Waals surface area contributed by atoms with Crippen LogP contribution in [0.25, 0.3) is 0 Å². The van der Waals surface area contributed by atoms with E-state index in [0.29, 0.717) is 6.04 Å². The summed E-state index contributed by atoms with van der Waals surface area (Å²) in [6, 6.07) is 11.7. The van der Waals surface area contributed by atoms with E-state index in [9.17, 15) is 0 Å². The van der Waals surface area contributed by atoms with Crippen molar-refractivity contribution in [2.75, 3.05) is 13.1 Å². The summed E-state index contributed by atoms with van der Waals surface area (Å²) < 4.78 is 0. The number of nitrogens with two attached hydrogens (primary N) is 1. The normalized spacial score (nSPS) is 18.8. The summed E-state index contributed by atoms with van der Waals surface area (Å²) in [7, 11) is 0. The SMILES string of the molecule is CCC(N)C(c1ccsc1)N1CCc2ccccc2CC1. The predicted octanol–water partition coefficient (Wildman–Crippen LogP) is 3.63. The lowest BCUT2D eigenvalue weighted by Crippen LogP contribution is -2.42. The Balaban J connectivity index is 1.82. The molecule has 3 heteroatoms. The third-order valence-corrected chi connectivity index (χ3v) is 5.31. The molecule has 2 N–H and O–H groups in total. The number of thiophene rings is 1. The van der Waals surface area contributed by atoms with Crippen molar-refractivity contribution in [1.29, 1.82) is 0 Å². The van der Waals surface area contributed by atoms with Crippen LogP contribution < -0.4 is 5.73 Å². The van der Waals surface area contributed by atoms with Crippen molar-refractivity contribution in [2.45, 2.75) is 38.3 Å². The molecule has 0 saturated carbocycles. The second-order valence-corrected chi connectivity index (χ2v) is 6.66. The van der Waals surface area contributed by atoms with Crippen molar-refractivity contribution in [3.8, 4) is 0 Å². The second kappa shape index (κ2) is 6.73. The van der Waals surface area contributed by atoms with Crippen LogP contribution in [0, 0.1) is 0 Å². The Kier molecular flexibility index (Phi) is 4.73. The van der Waals surface area contributed by atoms with Crippen LogP contribution in [0.15, 0.2) is 41.1 Å². The zero-order valence-electron chi connectivity index (χ0n) is 12.7. The highest BCUT2D eigenvalue weighted by molar-refractivity contribution is 7.07. The molecule has 0 aliphatic carbocycles. The van der Waals surface area contributed by atoms with Gasteiger partial charge in [-0.25, -0.2) is 0 Å². The molecular weight excluding hydrogens is 276 g/mol. The predicted molar refractivity (Wildman–Crippen MR) is 90.7 cm³/mol. The van der Waals surface area contributed by atoms with Crippen LogP contribution in [0.1, 0.15) is 36.1 Å². The molecule has 21 heavy (non-hydrogen) atoms. The first kappa shape index (κ1) is 14.8. The van der Waals surface area contributed by atoms with Gasteiger partial charge < -0.3 is 5.73 Å². The number of nitrogens with zero attached hydrogens (tertiary/aromatic N) is 1. The highest BCUT2D eigenvalue weighted by Gasteiger charge is 2.27. The summed E-state index contributed by atoms with van der Waals surface area (Å²) in [4.78, 5) is 2.59. The van der Waals surface area contributed by atoms with Gasteiger partial charge in [0, 0.05) is 19.1 Å². The van der Waals surface area contributed by atoms with Gasteiger partial charge in [0.15, 0.2) is 0 Å². The molecule has 0 amide bonds. The minimum atomic E-state index is 0.209. The Hall–Kier alpha value is -1.16. The third kappa shape index (κ3) is 3.20. The van der Waals surface area contributed by atoms with Gasteiger partial charge in [-0.15, -0.1) is 0 Å². The van der Waals surface area contributed by atoms with E-state index >= 15 is 0 Å². The Labute approximate surface area is 131 Å². The zero-order chi connectivity index (χ0) is 14.7. The van der Waals surface area contributed by atoms with Gasteiger partial charge in [-0.3, -0.25) is 4.90 Å². The highest BCUT2D eigenvalue weighted by Crippen LogP contribution is 2.29. The molecule has 2 heterocycles. The van der Waals surface area contributed by atoms with Crippen molar-refractivity contribution in [3.63, 3.8) is 0 Å². The monoisotopic (exact) mass is 300 g/mol. The molecule has 0 bridgehead atoms. The fourth-order valence-corrected chi connectivity index (χ4v) is 4.05. The van der Waals surface area contributed by atoms with E-state index in [2.05, 4.69) is 52.9 Å². The van der Waals surface area contributed by atoms with Crippen molar-refractivity contribution in [3.05, 3.63) is 57.8 Å². The van der Waals surface area contributed by atoms with Gasteiger partial charge in [-0.05, 0) is 52.8 Å². The molecule has 112 valence electrons. The molecule has 1 aromatic carbocycles. The first-order chi connectivity index (χ1) is 10.3. The van der Waals surface area contributed by atoms with Crippen LogP contribution in [-0.4, -0.2) is 24.0 Å².